The number of hydrogen-bond donors (Lipinski definition) is 0. The highest BCUT2D eigenvalue weighted by Crippen LogP contribution is 2.31. The van der Waals surface area contributed by atoms with Crippen molar-refractivity contribution < 1.29 is 36.6 Å². The average molecular weight is 637 g/mol. The number of halogens is 3. The zero-order valence-electron chi connectivity index (χ0n) is 25.7. The van der Waals surface area contributed by atoms with Crippen LogP contribution in [0.4, 0.5) is 34.1 Å². The lowest BCUT2D eigenvalue weighted by Crippen LogP contribution is -2.45. The van der Waals surface area contributed by atoms with Crippen LogP contribution >= 0.6 is 0 Å². The Bertz CT molecular complexity index is 1820. The number of alkyl halides is 3. The Hall–Kier alpha value is -4.30. The molecule has 0 N–H and O–H groups in total. The van der Waals surface area contributed by atoms with Gasteiger partial charge in [0.1, 0.15) is 45.7 Å². The summed E-state index contributed by atoms with van der Waals surface area (Å²) in [5.74, 6) is 0.785. The van der Waals surface area contributed by atoms with Crippen LogP contribution in [-0.4, -0.2) is 66.0 Å². The lowest BCUT2D eigenvalue weighted by atomic mass is 10.2. The topological polar surface area (TPSA) is 59.2 Å². The van der Waals surface area contributed by atoms with Gasteiger partial charge in [-0.2, -0.15) is 41.0 Å². The number of benzene rings is 2. The van der Waals surface area contributed by atoms with E-state index >= 15 is 0 Å². The van der Waals surface area contributed by atoms with Crippen LogP contribution in [0.2, 0.25) is 39.3 Å². The van der Waals surface area contributed by atoms with Crippen molar-refractivity contribution in [3.8, 4) is 5.75 Å². The summed E-state index contributed by atoms with van der Waals surface area (Å²) in [5.41, 5.74) is 2.26. The number of nitrogens with zero attached hydrogens (tertiary/aromatic N) is 4. The SMILES string of the molecule is COc1ccc([N+]2=Cc3ccc([Si](C)(C)C)n3C2=O)cc1.C[Si](C)(C)c1ccc2n1C(=O)[N+](c1ccc(C(F)(F)F)cc1)=C2. The molecular weight excluding hydrogens is 602 g/mol. The second kappa shape index (κ2) is 11.0. The van der Waals surface area contributed by atoms with Gasteiger partial charge in [0.2, 0.25) is 0 Å². The molecule has 4 heterocycles. The van der Waals surface area contributed by atoms with Crippen molar-refractivity contribution in [3.05, 3.63) is 89.7 Å². The molecule has 0 saturated carbocycles. The van der Waals surface area contributed by atoms with Crippen LogP contribution in [0.15, 0.2) is 72.8 Å². The molecule has 0 radical (unpaired) electrons. The fourth-order valence-electron chi connectivity index (χ4n) is 5.22. The van der Waals surface area contributed by atoms with E-state index in [0.717, 1.165) is 45.6 Å². The van der Waals surface area contributed by atoms with E-state index in [2.05, 4.69) is 45.3 Å². The molecule has 0 atom stereocenters. The van der Waals surface area contributed by atoms with E-state index in [4.69, 9.17) is 4.74 Å². The summed E-state index contributed by atoms with van der Waals surface area (Å²) in [5, 5.41) is 2.16. The van der Waals surface area contributed by atoms with E-state index in [1.165, 1.54) is 16.7 Å². The molecule has 2 aromatic heterocycles. The quantitative estimate of drug-likeness (QED) is 0.184. The van der Waals surface area contributed by atoms with Gasteiger partial charge < -0.3 is 4.74 Å². The van der Waals surface area contributed by atoms with E-state index in [9.17, 15) is 22.8 Å². The Kier molecular flexibility index (Phi) is 7.79. The minimum absolute atomic E-state index is 0.00223. The Morgan fingerprint density at radius 2 is 1.00 bits per heavy atom. The average Bonchev–Trinajstić information content (AvgIpc) is 3.71. The Morgan fingerprint density at radius 1 is 0.614 bits per heavy atom. The lowest BCUT2D eigenvalue weighted by molar-refractivity contribution is -0.322. The standard InChI is InChI=1S/C16H16F3N2OSi.C16H19N2O2Si/c1-23(2,3)14-9-8-13-10-20(15(22)21(13)14)12-6-4-11(5-7-12)16(17,18)19;1-20-14-8-5-12(6-9-14)17-11-13-7-10-15(21(2,3)4)18(13)16(17)19/h4-10H,1-3H3;5-11H,1-4H3/q2*+1. The first-order valence-electron chi connectivity index (χ1n) is 14.1. The maximum Gasteiger partial charge on any atom is 0.508 e. The second-order valence-corrected chi connectivity index (χ2v) is 22.8. The number of hydrogen-bond acceptors (Lipinski definition) is 3. The van der Waals surface area contributed by atoms with Gasteiger partial charge in [0.15, 0.2) is 11.4 Å². The number of methoxy groups -OCH3 is 1. The molecule has 0 fully saturated rings. The summed E-state index contributed by atoms with van der Waals surface area (Å²) in [4.78, 5) is 25.4. The number of aromatic nitrogens is 2. The molecule has 4 aromatic rings. The molecule has 0 bridgehead atoms. The smallest absolute Gasteiger partial charge is 0.497 e. The van der Waals surface area contributed by atoms with Crippen LogP contribution in [0, 0.1) is 0 Å². The molecule has 6 rings (SSSR count). The molecular formula is C32H35F3N4O3Si2+2. The molecule has 0 saturated heterocycles. The fraction of sp³-hybridized carbons (Fsp3) is 0.250. The monoisotopic (exact) mass is 636 g/mol. The fourth-order valence-corrected chi connectivity index (χ4v) is 8.18. The van der Waals surface area contributed by atoms with E-state index in [-0.39, 0.29) is 12.1 Å². The summed E-state index contributed by atoms with van der Waals surface area (Å²) in [6, 6.07) is 19.8. The van der Waals surface area contributed by atoms with Gasteiger partial charge in [0.05, 0.1) is 23.3 Å². The summed E-state index contributed by atoms with van der Waals surface area (Å²) >= 11 is 0. The van der Waals surface area contributed by atoms with Crippen molar-refractivity contribution in [1.82, 2.24) is 9.13 Å². The largest absolute Gasteiger partial charge is 0.508 e. The summed E-state index contributed by atoms with van der Waals surface area (Å²) < 4.78 is 49.6. The highest BCUT2D eigenvalue weighted by atomic mass is 28.3. The zero-order valence-corrected chi connectivity index (χ0v) is 27.7. The van der Waals surface area contributed by atoms with Gasteiger partial charge in [-0.25, -0.2) is 0 Å². The molecule has 0 unspecified atom stereocenters. The van der Waals surface area contributed by atoms with E-state index in [1.807, 2.05) is 53.2 Å². The van der Waals surface area contributed by atoms with Crippen LogP contribution in [0.5, 0.6) is 5.75 Å². The third-order valence-electron chi connectivity index (χ3n) is 7.50. The van der Waals surface area contributed by atoms with Crippen LogP contribution in [0.25, 0.3) is 0 Å². The number of fused-ring (bicyclic) bond motifs is 2. The summed E-state index contributed by atoms with van der Waals surface area (Å²) in [6.07, 6.45) is -0.824. The van der Waals surface area contributed by atoms with Gasteiger partial charge in [0.25, 0.3) is 0 Å². The molecule has 12 heteroatoms. The highest BCUT2D eigenvalue weighted by Gasteiger charge is 2.40. The normalized spacial score (nSPS) is 14.5. The zero-order chi connectivity index (χ0) is 32.2. The van der Waals surface area contributed by atoms with Crippen molar-refractivity contribution in [2.45, 2.75) is 45.5 Å². The third-order valence-corrected chi connectivity index (χ3v) is 11.4. The Morgan fingerprint density at radius 3 is 1.34 bits per heavy atom. The molecule has 2 aliphatic heterocycles. The predicted molar refractivity (Wildman–Crippen MR) is 171 cm³/mol. The Labute approximate surface area is 256 Å². The third kappa shape index (κ3) is 5.78. The van der Waals surface area contributed by atoms with Crippen LogP contribution < -0.4 is 15.4 Å². The molecule has 2 aliphatic rings. The van der Waals surface area contributed by atoms with Gasteiger partial charge in [-0.1, -0.05) is 39.3 Å². The van der Waals surface area contributed by atoms with Gasteiger partial charge in [0, 0.05) is 0 Å². The number of rotatable bonds is 5. The lowest BCUT2D eigenvalue weighted by Gasteiger charge is -2.13. The van der Waals surface area contributed by atoms with E-state index in [0.29, 0.717) is 5.69 Å². The van der Waals surface area contributed by atoms with Crippen LogP contribution in [0.1, 0.15) is 17.0 Å². The first kappa shape index (κ1) is 31.1. The van der Waals surface area contributed by atoms with Crippen molar-refractivity contribution in [2.75, 3.05) is 7.11 Å². The minimum Gasteiger partial charge on any atom is -0.497 e. The minimum atomic E-state index is -4.38. The molecule has 2 aromatic carbocycles. The van der Waals surface area contributed by atoms with Crippen LogP contribution in [0.3, 0.4) is 0 Å². The first-order valence-corrected chi connectivity index (χ1v) is 21.1. The van der Waals surface area contributed by atoms with Gasteiger partial charge in [-0.15, -0.1) is 0 Å². The maximum atomic E-state index is 12.7. The molecule has 228 valence electrons. The molecule has 2 amide bonds. The highest BCUT2D eigenvalue weighted by molar-refractivity contribution is 6.88. The molecule has 0 spiro atoms. The van der Waals surface area contributed by atoms with Gasteiger partial charge >= 0.3 is 18.2 Å². The number of carbonyl (C=O) groups excluding carboxylic acids is 2. The van der Waals surface area contributed by atoms with Crippen molar-refractivity contribution in [2.24, 2.45) is 0 Å². The van der Waals surface area contributed by atoms with Crippen molar-refractivity contribution >= 4 is 62.6 Å². The maximum absolute atomic E-state index is 12.7. The number of carbonyl (C=O) groups is 2. The van der Waals surface area contributed by atoms with Gasteiger partial charge in [-0.05, 0) is 72.8 Å². The van der Waals surface area contributed by atoms with Crippen molar-refractivity contribution in [1.29, 1.82) is 0 Å². The number of amides is 2. The van der Waals surface area contributed by atoms with E-state index in [1.54, 1.807) is 22.5 Å². The molecule has 44 heavy (non-hydrogen) atoms. The second-order valence-electron chi connectivity index (χ2n) is 12.8. The van der Waals surface area contributed by atoms with Gasteiger partial charge in [-0.3, -0.25) is 0 Å². The summed E-state index contributed by atoms with van der Waals surface area (Å²) in [7, 11) is -1.61. The van der Waals surface area contributed by atoms with Crippen LogP contribution in [-0.2, 0) is 6.18 Å². The summed E-state index contributed by atoms with van der Waals surface area (Å²) in [6.45, 7) is 13.2. The number of ether oxygens (including phenoxy) is 1. The van der Waals surface area contributed by atoms with Crippen molar-refractivity contribution in [3.63, 3.8) is 0 Å². The van der Waals surface area contributed by atoms with E-state index < -0.39 is 27.9 Å². The Balaban J connectivity index is 0.000000175. The molecule has 7 nitrogen and oxygen atoms in total. The molecule has 0 aliphatic carbocycles. The first-order chi connectivity index (χ1) is 20.5. The predicted octanol–water partition coefficient (Wildman–Crippen LogP) is 6.58.